The van der Waals surface area contributed by atoms with Crippen molar-refractivity contribution in [2.24, 2.45) is 0 Å². The van der Waals surface area contributed by atoms with Crippen LogP contribution >= 0.6 is 11.8 Å². The van der Waals surface area contributed by atoms with Gasteiger partial charge < -0.3 is 15.3 Å². The van der Waals surface area contributed by atoms with Gasteiger partial charge in [0.2, 0.25) is 0 Å². The number of aliphatic carboxylic acids is 1. The number of amides is 2. The van der Waals surface area contributed by atoms with E-state index in [0.717, 1.165) is 31.4 Å². The average molecular weight is 288 g/mol. The number of carboxylic acids is 1. The number of hydrogen-bond donors (Lipinski definition) is 2. The molecule has 0 aromatic heterocycles. The van der Waals surface area contributed by atoms with Crippen molar-refractivity contribution in [1.29, 1.82) is 0 Å². The fraction of sp³-hybridized carbons (Fsp3) is 0.846. The highest BCUT2D eigenvalue weighted by Crippen LogP contribution is 2.27. The summed E-state index contributed by atoms with van der Waals surface area (Å²) in [6, 6.07) is -0.279. The zero-order chi connectivity index (χ0) is 14.3. The molecule has 0 spiro atoms. The molecule has 0 saturated heterocycles. The van der Waals surface area contributed by atoms with E-state index in [-0.39, 0.29) is 6.03 Å². The Morgan fingerprint density at radius 1 is 1.26 bits per heavy atom. The Labute approximate surface area is 119 Å². The van der Waals surface area contributed by atoms with Gasteiger partial charge in [-0.2, -0.15) is 11.8 Å². The number of hydrogen-bond acceptors (Lipinski definition) is 3. The summed E-state index contributed by atoms with van der Waals surface area (Å²) in [5, 5.41) is 12.2. The third-order valence-corrected chi connectivity index (χ3v) is 4.28. The molecule has 2 N–H and O–H groups in total. The first-order valence-corrected chi connectivity index (χ1v) is 8.17. The molecule has 1 fully saturated rings. The molecule has 0 aliphatic heterocycles. The van der Waals surface area contributed by atoms with Gasteiger partial charge in [-0.1, -0.05) is 25.7 Å². The average Bonchev–Trinajstić information content (AvgIpc) is 2.62. The lowest BCUT2D eigenvalue weighted by Gasteiger charge is -2.31. The number of carbonyl (C=O) groups is 2. The van der Waals surface area contributed by atoms with Crippen LogP contribution in [0, 0.1) is 0 Å². The maximum Gasteiger partial charge on any atom is 0.329 e. The van der Waals surface area contributed by atoms with E-state index < -0.39 is 11.5 Å². The summed E-state index contributed by atoms with van der Waals surface area (Å²) in [4.78, 5) is 25.2. The summed E-state index contributed by atoms with van der Waals surface area (Å²) >= 11 is 1.66. The summed E-state index contributed by atoms with van der Waals surface area (Å²) in [5.41, 5.74) is -1.07. The van der Waals surface area contributed by atoms with Crippen molar-refractivity contribution in [2.75, 3.05) is 25.6 Å². The maximum atomic E-state index is 12.1. The molecule has 0 bridgehead atoms. The Bertz CT molecular complexity index is 315. The van der Waals surface area contributed by atoms with Gasteiger partial charge in [0.05, 0.1) is 0 Å². The second-order valence-corrected chi connectivity index (χ2v) is 6.13. The van der Waals surface area contributed by atoms with Crippen molar-refractivity contribution in [3.8, 4) is 0 Å². The number of carboxylic acid groups (broad SMARTS) is 1. The van der Waals surface area contributed by atoms with Gasteiger partial charge >= 0.3 is 12.0 Å². The van der Waals surface area contributed by atoms with Gasteiger partial charge in [0, 0.05) is 19.3 Å². The minimum atomic E-state index is -1.07. The first-order valence-electron chi connectivity index (χ1n) is 6.77. The lowest BCUT2D eigenvalue weighted by atomic mass is 9.90. The Kier molecular flexibility index (Phi) is 6.48. The summed E-state index contributed by atoms with van der Waals surface area (Å²) in [6.45, 7) is 0.628. The predicted octanol–water partition coefficient (Wildman–Crippen LogP) is 2.17. The summed E-state index contributed by atoms with van der Waals surface area (Å²) < 4.78 is 0. The Morgan fingerprint density at radius 3 is 2.32 bits per heavy atom. The molecule has 5 nitrogen and oxygen atoms in total. The van der Waals surface area contributed by atoms with Crippen LogP contribution in [0.25, 0.3) is 0 Å². The Balaban J connectivity index is 2.67. The minimum absolute atomic E-state index is 0.279. The second kappa shape index (κ2) is 7.62. The first-order chi connectivity index (χ1) is 9.02. The predicted molar refractivity (Wildman–Crippen MR) is 77.6 cm³/mol. The van der Waals surface area contributed by atoms with Crippen molar-refractivity contribution in [2.45, 2.75) is 44.1 Å². The van der Waals surface area contributed by atoms with E-state index in [4.69, 9.17) is 0 Å². The first kappa shape index (κ1) is 16.1. The molecule has 0 heterocycles. The molecule has 1 aliphatic rings. The van der Waals surface area contributed by atoms with Crippen LogP contribution in [0.15, 0.2) is 0 Å². The standard InChI is InChI=1S/C13H24N2O3S/c1-15(9-10-19-2)12(18)14-13(11(16)17)7-5-3-4-6-8-13/h3-10H2,1-2H3,(H,14,18)(H,16,17). The number of urea groups is 1. The highest BCUT2D eigenvalue weighted by Gasteiger charge is 2.40. The molecular weight excluding hydrogens is 264 g/mol. The molecule has 0 aromatic rings. The third-order valence-electron chi connectivity index (χ3n) is 3.69. The third kappa shape index (κ3) is 4.60. The largest absolute Gasteiger partial charge is 0.480 e. The molecule has 19 heavy (non-hydrogen) atoms. The number of nitrogens with one attached hydrogen (secondary N) is 1. The zero-order valence-corrected chi connectivity index (χ0v) is 12.6. The molecule has 0 radical (unpaired) electrons. The smallest absolute Gasteiger partial charge is 0.329 e. The van der Waals surface area contributed by atoms with Crippen molar-refractivity contribution < 1.29 is 14.7 Å². The molecule has 0 aromatic carbocycles. The van der Waals surface area contributed by atoms with E-state index in [1.807, 2.05) is 6.26 Å². The van der Waals surface area contributed by atoms with E-state index in [1.54, 1.807) is 23.7 Å². The monoisotopic (exact) mass is 288 g/mol. The van der Waals surface area contributed by atoms with Gasteiger partial charge in [0.1, 0.15) is 5.54 Å². The summed E-state index contributed by atoms with van der Waals surface area (Å²) in [5.74, 6) is -0.0507. The van der Waals surface area contributed by atoms with Crippen LogP contribution in [0.1, 0.15) is 38.5 Å². The van der Waals surface area contributed by atoms with Crippen molar-refractivity contribution >= 4 is 23.8 Å². The normalized spacial score (nSPS) is 18.4. The maximum absolute atomic E-state index is 12.1. The number of nitrogens with zero attached hydrogens (tertiary/aromatic N) is 1. The number of thioether (sulfide) groups is 1. The van der Waals surface area contributed by atoms with E-state index in [9.17, 15) is 14.7 Å². The van der Waals surface area contributed by atoms with Gasteiger partial charge in [-0.15, -0.1) is 0 Å². The number of carbonyl (C=O) groups excluding carboxylic acids is 1. The minimum Gasteiger partial charge on any atom is -0.480 e. The van der Waals surface area contributed by atoms with Gasteiger partial charge in [-0.25, -0.2) is 9.59 Å². The second-order valence-electron chi connectivity index (χ2n) is 5.15. The highest BCUT2D eigenvalue weighted by atomic mass is 32.2. The fourth-order valence-electron chi connectivity index (χ4n) is 2.35. The van der Waals surface area contributed by atoms with E-state index in [0.29, 0.717) is 19.4 Å². The lowest BCUT2D eigenvalue weighted by Crippen LogP contribution is -2.57. The molecule has 1 saturated carbocycles. The molecule has 0 atom stereocenters. The quantitative estimate of drug-likeness (QED) is 0.761. The molecule has 0 unspecified atom stereocenters. The Hall–Kier alpha value is -0.910. The Morgan fingerprint density at radius 2 is 1.84 bits per heavy atom. The lowest BCUT2D eigenvalue weighted by molar-refractivity contribution is -0.145. The van der Waals surface area contributed by atoms with Crippen LogP contribution in [0.4, 0.5) is 4.79 Å². The van der Waals surface area contributed by atoms with Crippen LogP contribution in [0.5, 0.6) is 0 Å². The van der Waals surface area contributed by atoms with Gasteiger partial charge in [-0.05, 0) is 19.1 Å². The van der Waals surface area contributed by atoms with E-state index >= 15 is 0 Å². The molecular formula is C13H24N2O3S. The van der Waals surface area contributed by atoms with Crippen LogP contribution in [-0.4, -0.2) is 53.1 Å². The number of rotatable bonds is 5. The van der Waals surface area contributed by atoms with Crippen molar-refractivity contribution in [3.63, 3.8) is 0 Å². The van der Waals surface area contributed by atoms with Crippen LogP contribution in [0.2, 0.25) is 0 Å². The molecule has 6 heteroatoms. The van der Waals surface area contributed by atoms with Crippen molar-refractivity contribution in [1.82, 2.24) is 10.2 Å². The molecule has 2 amide bonds. The summed E-state index contributed by atoms with van der Waals surface area (Å²) in [6.07, 6.45) is 6.87. The van der Waals surface area contributed by atoms with Crippen LogP contribution in [0.3, 0.4) is 0 Å². The van der Waals surface area contributed by atoms with Gasteiger partial charge in [0.15, 0.2) is 0 Å². The van der Waals surface area contributed by atoms with Gasteiger partial charge in [-0.3, -0.25) is 0 Å². The fourth-order valence-corrected chi connectivity index (χ4v) is 2.81. The van der Waals surface area contributed by atoms with Gasteiger partial charge in [0.25, 0.3) is 0 Å². The SMILES string of the molecule is CSCCN(C)C(=O)NC1(C(=O)O)CCCCCC1. The topological polar surface area (TPSA) is 69.6 Å². The molecule has 1 aliphatic carbocycles. The highest BCUT2D eigenvalue weighted by molar-refractivity contribution is 7.98. The van der Waals surface area contributed by atoms with Crippen LogP contribution in [-0.2, 0) is 4.79 Å². The van der Waals surface area contributed by atoms with Crippen molar-refractivity contribution in [3.05, 3.63) is 0 Å². The summed E-state index contributed by atoms with van der Waals surface area (Å²) in [7, 11) is 1.71. The van der Waals surface area contributed by atoms with E-state index in [2.05, 4.69) is 5.32 Å². The molecule has 110 valence electrons. The zero-order valence-electron chi connectivity index (χ0n) is 11.8. The molecule has 1 rings (SSSR count). The van der Waals surface area contributed by atoms with E-state index in [1.165, 1.54) is 0 Å². The van der Waals surface area contributed by atoms with Crippen LogP contribution < -0.4 is 5.32 Å².